The Hall–Kier alpha value is -2.26. The van der Waals surface area contributed by atoms with Crippen molar-refractivity contribution in [3.05, 3.63) is 12.2 Å². The number of imide groups is 1. The molecule has 1 heterocycles. The molecule has 0 spiro atoms. The quantitative estimate of drug-likeness (QED) is 0.290. The maximum absolute atomic E-state index is 11.9. The summed E-state index contributed by atoms with van der Waals surface area (Å²) in [5, 5.41) is 2.61. The first-order valence-electron chi connectivity index (χ1n) is 10.9. The third-order valence-electron chi connectivity index (χ3n) is 4.27. The van der Waals surface area contributed by atoms with Gasteiger partial charge in [-0.15, -0.1) is 0 Å². The largest absolute Gasteiger partial charge is 0.444 e. The van der Waals surface area contributed by atoms with Crippen molar-refractivity contribution < 1.29 is 33.4 Å². The first kappa shape index (κ1) is 26.8. The second-order valence-electron chi connectivity index (χ2n) is 8.27. The topological polar surface area (TPSA) is 111 Å². The van der Waals surface area contributed by atoms with Gasteiger partial charge in [-0.05, 0) is 40.0 Å². The fourth-order valence-corrected chi connectivity index (χ4v) is 2.78. The molecule has 0 saturated carbocycles. The molecule has 0 unspecified atom stereocenters. The summed E-state index contributed by atoms with van der Waals surface area (Å²) >= 11 is 0. The highest BCUT2D eigenvalue weighted by molar-refractivity contribution is 6.12. The van der Waals surface area contributed by atoms with Crippen LogP contribution in [0.1, 0.15) is 59.3 Å². The molecule has 0 radical (unpaired) electrons. The zero-order chi connectivity index (χ0) is 23.1. The van der Waals surface area contributed by atoms with Crippen LogP contribution in [0.3, 0.4) is 0 Å². The van der Waals surface area contributed by atoms with E-state index in [1.54, 1.807) is 20.8 Å². The van der Waals surface area contributed by atoms with E-state index in [1.165, 1.54) is 17.1 Å². The minimum atomic E-state index is -0.519. The zero-order valence-electron chi connectivity index (χ0n) is 18.9. The zero-order valence-corrected chi connectivity index (χ0v) is 18.9. The summed E-state index contributed by atoms with van der Waals surface area (Å²) in [5.41, 5.74) is -0.519. The van der Waals surface area contributed by atoms with E-state index >= 15 is 0 Å². The molecule has 9 nitrogen and oxygen atoms in total. The van der Waals surface area contributed by atoms with Gasteiger partial charge in [0, 0.05) is 44.7 Å². The van der Waals surface area contributed by atoms with Crippen molar-refractivity contribution in [1.82, 2.24) is 10.2 Å². The van der Waals surface area contributed by atoms with Crippen LogP contribution in [0.15, 0.2) is 12.2 Å². The van der Waals surface area contributed by atoms with Crippen LogP contribution in [0.25, 0.3) is 0 Å². The molecular formula is C22H36N2O7. The molecule has 1 aliphatic heterocycles. The van der Waals surface area contributed by atoms with E-state index < -0.39 is 11.7 Å². The van der Waals surface area contributed by atoms with E-state index in [0.717, 1.165) is 12.8 Å². The van der Waals surface area contributed by atoms with Crippen LogP contribution in [0.5, 0.6) is 0 Å². The number of ketones is 1. The van der Waals surface area contributed by atoms with Gasteiger partial charge in [0.2, 0.25) is 0 Å². The van der Waals surface area contributed by atoms with E-state index in [-0.39, 0.29) is 17.6 Å². The van der Waals surface area contributed by atoms with Crippen molar-refractivity contribution >= 4 is 23.7 Å². The molecule has 9 heteroatoms. The molecule has 1 N–H and O–H groups in total. The van der Waals surface area contributed by atoms with E-state index in [0.29, 0.717) is 65.2 Å². The molecule has 0 atom stereocenters. The monoisotopic (exact) mass is 440 g/mol. The van der Waals surface area contributed by atoms with Crippen LogP contribution >= 0.6 is 0 Å². The van der Waals surface area contributed by atoms with Gasteiger partial charge in [-0.3, -0.25) is 19.3 Å². The van der Waals surface area contributed by atoms with Crippen molar-refractivity contribution in [1.29, 1.82) is 0 Å². The van der Waals surface area contributed by atoms with Gasteiger partial charge >= 0.3 is 6.09 Å². The number of amides is 3. The Morgan fingerprint density at radius 1 is 0.871 bits per heavy atom. The number of carbonyl (C=O) groups excluding carboxylic acids is 4. The Balaban J connectivity index is 1.85. The Morgan fingerprint density at radius 3 is 2.13 bits per heavy atom. The van der Waals surface area contributed by atoms with Crippen molar-refractivity contribution in [2.24, 2.45) is 0 Å². The van der Waals surface area contributed by atoms with Crippen LogP contribution in [0.2, 0.25) is 0 Å². The standard InChI is InChI=1S/C22H36N2O7/c1-22(2,3)31-21(28)23-12-15-30-17-16-29-14-7-9-18(25)8-5-4-6-13-24-19(26)10-11-20(24)27/h10-11H,4-9,12-17H2,1-3H3,(H,23,28). The van der Waals surface area contributed by atoms with Gasteiger partial charge in [-0.1, -0.05) is 6.42 Å². The lowest BCUT2D eigenvalue weighted by Gasteiger charge is -2.19. The number of nitrogens with zero attached hydrogens (tertiary/aromatic N) is 1. The van der Waals surface area contributed by atoms with E-state index in [1.807, 2.05) is 0 Å². The van der Waals surface area contributed by atoms with Gasteiger partial charge in [0.05, 0.1) is 19.8 Å². The molecule has 3 amide bonds. The number of hydrogen-bond donors (Lipinski definition) is 1. The molecule has 0 aromatic heterocycles. The average molecular weight is 441 g/mol. The molecule has 176 valence electrons. The van der Waals surface area contributed by atoms with Crippen LogP contribution in [-0.2, 0) is 28.6 Å². The maximum atomic E-state index is 11.9. The van der Waals surface area contributed by atoms with Crippen molar-refractivity contribution in [2.45, 2.75) is 64.9 Å². The van der Waals surface area contributed by atoms with Gasteiger partial charge in [0.1, 0.15) is 11.4 Å². The molecule has 1 aliphatic rings. The average Bonchev–Trinajstić information content (AvgIpc) is 2.99. The van der Waals surface area contributed by atoms with E-state index in [4.69, 9.17) is 14.2 Å². The lowest BCUT2D eigenvalue weighted by molar-refractivity contribution is -0.136. The van der Waals surface area contributed by atoms with Crippen molar-refractivity contribution in [3.63, 3.8) is 0 Å². The van der Waals surface area contributed by atoms with Crippen LogP contribution < -0.4 is 5.32 Å². The van der Waals surface area contributed by atoms with Gasteiger partial charge in [-0.25, -0.2) is 4.79 Å². The molecule has 0 saturated heterocycles. The summed E-state index contributed by atoms with van der Waals surface area (Å²) < 4.78 is 15.9. The number of Topliss-reactive ketones (excluding diaryl/α,β-unsaturated/α-hetero) is 1. The lowest BCUT2D eigenvalue weighted by Crippen LogP contribution is -2.34. The fourth-order valence-electron chi connectivity index (χ4n) is 2.78. The predicted octanol–water partition coefficient (Wildman–Crippen LogP) is 2.38. The summed E-state index contributed by atoms with van der Waals surface area (Å²) in [6, 6.07) is 0. The van der Waals surface area contributed by atoms with Crippen molar-refractivity contribution in [2.75, 3.05) is 39.5 Å². The van der Waals surface area contributed by atoms with Gasteiger partial charge < -0.3 is 19.5 Å². The fraction of sp³-hybridized carbons (Fsp3) is 0.727. The second-order valence-corrected chi connectivity index (χ2v) is 8.27. The Bertz CT molecular complexity index is 608. The van der Waals surface area contributed by atoms with Gasteiger partial charge in [0.25, 0.3) is 11.8 Å². The normalized spacial score (nSPS) is 13.7. The lowest BCUT2D eigenvalue weighted by atomic mass is 10.1. The Morgan fingerprint density at radius 2 is 1.48 bits per heavy atom. The highest BCUT2D eigenvalue weighted by atomic mass is 16.6. The highest BCUT2D eigenvalue weighted by Gasteiger charge is 2.22. The van der Waals surface area contributed by atoms with Crippen LogP contribution in [-0.4, -0.2) is 73.7 Å². The number of ether oxygens (including phenoxy) is 3. The SMILES string of the molecule is CC(C)(C)OC(=O)NCCOCCOCCCC(=O)CCCCCN1C(=O)C=CC1=O. The molecule has 1 rings (SSSR count). The first-order chi connectivity index (χ1) is 14.7. The number of hydrogen-bond acceptors (Lipinski definition) is 7. The summed E-state index contributed by atoms with van der Waals surface area (Å²) in [5.74, 6) is -0.323. The number of unbranched alkanes of at least 4 members (excludes halogenated alkanes) is 2. The molecular weight excluding hydrogens is 404 g/mol. The number of carbonyl (C=O) groups is 4. The summed E-state index contributed by atoms with van der Waals surface area (Å²) in [7, 11) is 0. The van der Waals surface area contributed by atoms with Crippen LogP contribution in [0.4, 0.5) is 4.79 Å². The van der Waals surface area contributed by atoms with Crippen LogP contribution in [0, 0.1) is 0 Å². The predicted molar refractivity (Wildman–Crippen MR) is 114 cm³/mol. The number of alkyl carbamates (subject to hydrolysis) is 1. The molecule has 0 aromatic carbocycles. The summed E-state index contributed by atoms with van der Waals surface area (Å²) in [4.78, 5) is 47.3. The third-order valence-corrected chi connectivity index (χ3v) is 4.27. The summed E-state index contributed by atoms with van der Waals surface area (Å²) in [6.07, 6.45) is 6.03. The molecule has 0 aromatic rings. The maximum Gasteiger partial charge on any atom is 0.407 e. The first-order valence-corrected chi connectivity index (χ1v) is 10.9. The van der Waals surface area contributed by atoms with E-state index in [9.17, 15) is 19.2 Å². The highest BCUT2D eigenvalue weighted by Crippen LogP contribution is 2.09. The van der Waals surface area contributed by atoms with Gasteiger partial charge in [-0.2, -0.15) is 0 Å². The molecule has 31 heavy (non-hydrogen) atoms. The number of rotatable bonds is 16. The minimum absolute atomic E-state index is 0.197. The molecule has 0 fully saturated rings. The smallest absolute Gasteiger partial charge is 0.407 e. The Labute approximate surface area is 184 Å². The molecule has 0 aliphatic carbocycles. The van der Waals surface area contributed by atoms with Crippen molar-refractivity contribution in [3.8, 4) is 0 Å². The second kappa shape index (κ2) is 14.7. The molecule has 0 bridgehead atoms. The van der Waals surface area contributed by atoms with Gasteiger partial charge in [0.15, 0.2) is 0 Å². The Kier molecular flexibility index (Phi) is 12.7. The van der Waals surface area contributed by atoms with E-state index in [2.05, 4.69) is 5.32 Å². The minimum Gasteiger partial charge on any atom is -0.444 e. The summed E-state index contributed by atoms with van der Waals surface area (Å²) in [6.45, 7) is 7.90. The number of nitrogens with one attached hydrogen (secondary N) is 1. The third kappa shape index (κ3) is 13.6.